The molecule has 4 nitrogen and oxygen atoms in total. The molecule has 2 saturated heterocycles. The molecule has 1 aromatic carbocycles. The predicted molar refractivity (Wildman–Crippen MR) is 90.0 cm³/mol. The third-order valence-corrected chi connectivity index (χ3v) is 5.27. The summed E-state index contributed by atoms with van der Waals surface area (Å²) in [4.78, 5) is 28.6. The molecular formula is C19H23FN2O2. The van der Waals surface area contributed by atoms with Gasteiger partial charge in [-0.2, -0.15) is 0 Å². The molecule has 0 radical (unpaired) electrons. The van der Waals surface area contributed by atoms with Gasteiger partial charge in [-0.15, -0.1) is 6.58 Å². The number of benzene rings is 1. The van der Waals surface area contributed by atoms with Crippen LogP contribution in [0.3, 0.4) is 0 Å². The maximum Gasteiger partial charge on any atom is 0.253 e. The number of hydrogen-bond donors (Lipinski definition) is 0. The number of rotatable bonds is 3. The molecule has 0 saturated carbocycles. The molecule has 1 aromatic rings. The van der Waals surface area contributed by atoms with E-state index in [1.165, 1.54) is 12.1 Å². The Morgan fingerprint density at radius 2 is 2.04 bits per heavy atom. The molecule has 24 heavy (non-hydrogen) atoms. The highest BCUT2D eigenvalue weighted by molar-refractivity contribution is 5.94. The average molecular weight is 330 g/mol. The zero-order chi connectivity index (χ0) is 17.2. The van der Waals surface area contributed by atoms with E-state index in [4.69, 9.17) is 0 Å². The second kappa shape index (κ2) is 6.75. The van der Waals surface area contributed by atoms with E-state index in [2.05, 4.69) is 6.58 Å². The second-order valence-corrected chi connectivity index (χ2v) is 6.67. The van der Waals surface area contributed by atoms with Crippen molar-refractivity contribution in [3.8, 4) is 0 Å². The number of piperidine rings is 2. The second-order valence-electron chi connectivity index (χ2n) is 6.67. The highest BCUT2D eigenvalue weighted by atomic mass is 19.1. The third-order valence-electron chi connectivity index (χ3n) is 5.27. The largest absolute Gasteiger partial charge is 0.338 e. The Morgan fingerprint density at radius 1 is 1.29 bits per heavy atom. The minimum atomic E-state index is -0.399. The van der Waals surface area contributed by atoms with Gasteiger partial charge in [0.1, 0.15) is 5.82 Å². The van der Waals surface area contributed by atoms with Gasteiger partial charge in [0.05, 0.1) is 0 Å². The molecule has 0 unspecified atom stereocenters. The van der Waals surface area contributed by atoms with E-state index in [0.29, 0.717) is 31.6 Å². The van der Waals surface area contributed by atoms with Gasteiger partial charge in [-0.3, -0.25) is 9.59 Å². The number of hydrogen-bond acceptors (Lipinski definition) is 2. The smallest absolute Gasteiger partial charge is 0.253 e. The molecule has 1 spiro atoms. The predicted octanol–water partition coefficient (Wildman–Crippen LogP) is 3.00. The highest BCUT2D eigenvalue weighted by Crippen LogP contribution is 2.38. The Labute approximate surface area is 141 Å². The van der Waals surface area contributed by atoms with Gasteiger partial charge in [-0.25, -0.2) is 4.39 Å². The SMILES string of the molecule is C=CCN1C(=O)CCCC12CCN(C(=O)c1cccc(F)c1)CC2. The van der Waals surface area contributed by atoms with Crippen molar-refractivity contribution in [1.29, 1.82) is 0 Å². The topological polar surface area (TPSA) is 40.6 Å². The fourth-order valence-electron chi connectivity index (χ4n) is 3.98. The summed E-state index contributed by atoms with van der Waals surface area (Å²) < 4.78 is 13.3. The molecule has 2 aliphatic rings. The summed E-state index contributed by atoms with van der Waals surface area (Å²) >= 11 is 0. The van der Waals surface area contributed by atoms with Gasteiger partial charge in [0.2, 0.25) is 5.91 Å². The summed E-state index contributed by atoms with van der Waals surface area (Å²) in [6.07, 6.45) is 5.80. The van der Waals surface area contributed by atoms with Crippen LogP contribution in [0, 0.1) is 5.82 Å². The average Bonchev–Trinajstić information content (AvgIpc) is 2.59. The van der Waals surface area contributed by atoms with E-state index >= 15 is 0 Å². The first-order valence-corrected chi connectivity index (χ1v) is 8.52. The van der Waals surface area contributed by atoms with Crippen LogP contribution < -0.4 is 0 Å². The minimum Gasteiger partial charge on any atom is -0.338 e. The summed E-state index contributed by atoms with van der Waals surface area (Å²) in [6.45, 7) is 5.52. The summed E-state index contributed by atoms with van der Waals surface area (Å²) in [5, 5.41) is 0. The summed E-state index contributed by atoms with van der Waals surface area (Å²) in [6, 6.07) is 5.81. The van der Waals surface area contributed by atoms with Crippen molar-refractivity contribution in [1.82, 2.24) is 9.80 Å². The lowest BCUT2D eigenvalue weighted by Gasteiger charge is -2.51. The first kappa shape index (κ1) is 16.7. The number of likely N-dealkylation sites (tertiary alicyclic amines) is 2. The van der Waals surface area contributed by atoms with Crippen LogP contribution in [0.4, 0.5) is 4.39 Å². The number of halogens is 1. The Kier molecular flexibility index (Phi) is 4.69. The summed E-state index contributed by atoms with van der Waals surface area (Å²) in [5.74, 6) is -0.350. The van der Waals surface area contributed by atoms with Crippen molar-refractivity contribution in [3.63, 3.8) is 0 Å². The lowest BCUT2D eigenvalue weighted by atomic mass is 9.78. The third kappa shape index (κ3) is 3.07. The minimum absolute atomic E-state index is 0.137. The molecule has 0 aliphatic carbocycles. The maximum atomic E-state index is 13.3. The number of carbonyl (C=O) groups excluding carboxylic acids is 2. The van der Waals surface area contributed by atoms with Crippen LogP contribution in [0.5, 0.6) is 0 Å². The van der Waals surface area contributed by atoms with Crippen LogP contribution in [0.15, 0.2) is 36.9 Å². The van der Waals surface area contributed by atoms with Gasteiger partial charge in [0, 0.05) is 37.2 Å². The van der Waals surface area contributed by atoms with E-state index in [1.54, 1.807) is 23.1 Å². The van der Waals surface area contributed by atoms with Crippen LogP contribution in [-0.4, -0.2) is 46.8 Å². The molecule has 2 aliphatic heterocycles. The zero-order valence-corrected chi connectivity index (χ0v) is 13.8. The normalized spacial score (nSPS) is 20.3. The molecular weight excluding hydrogens is 307 g/mol. The van der Waals surface area contributed by atoms with Crippen molar-refractivity contribution in [2.75, 3.05) is 19.6 Å². The van der Waals surface area contributed by atoms with E-state index in [0.717, 1.165) is 25.7 Å². The Bertz CT molecular complexity index is 651. The van der Waals surface area contributed by atoms with E-state index in [1.807, 2.05) is 4.90 Å². The lowest BCUT2D eigenvalue weighted by Crippen LogP contribution is -2.60. The fraction of sp³-hybridized carbons (Fsp3) is 0.474. The van der Waals surface area contributed by atoms with Crippen molar-refractivity contribution < 1.29 is 14.0 Å². The molecule has 0 N–H and O–H groups in total. The molecule has 0 bridgehead atoms. The van der Waals surface area contributed by atoms with Crippen LogP contribution in [-0.2, 0) is 4.79 Å². The van der Waals surface area contributed by atoms with Crippen LogP contribution in [0.1, 0.15) is 42.5 Å². The first-order chi connectivity index (χ1) is 11.6. The zero-order valence-electron chi connectivity index (χ0n) is 13.8. The maximum absolute atomic E-state index is 13.3. The van der Waals surface area contributed by atoms with Gasteiger partial charge in [-0.05, 0) is 43.9 Å². The molecule has 2 heterocycles. The van der Waals surface area contributed by atoms with Gasteiger partial charge in [0.15, 0.2) is 0 Å². The number of amides is 2. The molecule has 0 atom stereocenters. The molecule has 3 rings (SSSR count). The molecule has 2 amide bonds. The Hall–Kier alpha value is -2.17. The molecule has 2 fully saturated rings. The van der Waals surface area contributed by atoms with Gasteiger partial charge in [0.25, 0.3) is 5.91 Å². The van der Waals surface area contributed by atoms with Crippen molar-refractivity contribution >= 4 is 11.8 Å². The van der Waals surface area contributed by atoms with Crippen molar-refractivity contribution in [2.45, 2.75) is 37.6 Å². The molecule has 0 aromatic heterocycles. The lowest BCUT2D eigenvalue weighted by molar-refractivity contribution is -0.143. The van der Waals surface area contributed by atoms with Gasteiger partial charge < -0.3 is 9.80 Å². The van der Waals surface area contributed by atoms with E-state index in [9.17, 15) is 14.0 Å². The fourth-order valence-corrected chi connectivity index (χ4v) is 3.98. The first-order valence-electron chi connectivity index (χ1n) is 8.52. The van der Waals surface area contributed by atoms with Gasteiger partial charge in [-0.1, -0.05) is 12.1 Å². The molecule has 5 heteroatoms. The number of nitrogens with zero attached hydrogens (tertiary/aromatic N) is 2. The van der Waals surface area contributed by atoms with Crippen molar-refractivity contribution in [3.05, 3.63) is 48.3 Å². The quantitative estimate of drug-likeness (QED) is 0.800. The Morgan fingerprint density at radius 3 is 2.71 bits per heavy atom. The highest BCUT2D eigenvalue weighted by Gasteiger charge is 2.44. The summed E-state index contributed by atoms with van der Waals surface area (Å²) in [5.41, 5.74) is 0.232. The van der Waals surface area contributed by atoms with Crippen molar-refractivity contribution in [2.24, 2.45) is 0 Å². The van der Waals surface area contributed by atoms with E-state index in [-0.39, 0.29) is 17.4 Å². The van der Waals surface area contributed by atoms with Crippen LogP contribution in [0.25, 0.3) is 0 Å². The molecule has 128 valence electrons. The number of carbonyl (C=O) groups is 2. The Balaban J connectivity index is 1.71. The van der Waals surface area contributed by atoms with Crippen LogP contribution >= 0.6 is 0 Å². The van der Waals surface area contributed by atoms with E-state index < -0.39 is 5.82 Å². The monoisotopic (exact) mass is 330 g/mol. The standard InChI is InChI=1S/C19H23FN2O2/c1-2-11-22-17(23)7-4-8-19(22)9-12-21(13-10-19)18(24)15-5-3-6-16(20)14-15/h2-3,5-6,14H,1,4,7-13H2. The van der Waals surface area contributed by atoms with Crippen LogP contribution in [0.2, 0.25) is 0 Å². The van der Waals surface area contributed by atoms with Gasteiger partial charge >= 0.3 is 0 Å². The summed E-state index contributed by atoms with van der Waals surface area (Å²) in [7, 11) is 0.